The summed E-state index contributed by atoms with van der Waals surface area (Å²) < 4.78 is 5.41. The molecule has 18 heavy (non-hydrogen) atoms. The van der Waals surface area contributed by atoms with E-state index in [4.69, 9.17) is 39.5 Å². The van der Waals surface area contributed by atoms with E-state index < -0.39 is 0 Å². The molecule has 0 bridgehead atoms. The number of benzene rings is 1. The molecule has 1 fully saturated rings. The van der Waals surface area contributed by atoms with Gasteiger partial charge in [-0.1, -0.05) is 23.2 Å². The van der Waals surface area contributed by atoms with Gasteiger partial charge in [0.05, 0.1) is 18.6 Å². The summed E-state index contributed by atoms with van der Waals surface area (Å²) >= 11 is 17.5. The second kappa shape index (κ2) is 6.11. The number of nitrogens with zero attached hydrogens (tertiary/aromatic N) is 1. The van der Waals surface area contributed by atoms with Gasteiger partial charge in [0.15, 0.2) is 0 Å². The van der Waals surface area contributed by atoms with Gasteiger partial charge in [-0.05, 0) is 18.2 Å². The van der Waals surface area contributed by atoms with Crippen molar-refractivity contribution in [3.63, 3.8) is 0 Å². The Labute approximate surface area is 121 Å². The molecule has 0 aromatic heterocycles. The molecule has 1 unspecified atom stereocenters. The molecule has 98 valence electrons. The van der Waals surface area contributed by atoms with Gasteiger partial charge in [0.1, 0.15) is 0 Å². The van der Waals surface area contributed by atoms with Crippen LogP contribution in [0.1, 0.15) is 10.4 Å². The van der Waals surface area contributed by atoms with E-state index in [-0.39, 0.29) is 12.0 Å². The third-order valence-electron chi connectivity index (χ3n) is 2.71. The maximum atomic E-state index is 12.3. The highest BCUT2D eigenvalue weighted by Gasteiger charge is 2.24. The van der Waals surface area contributed by atoms with Crippen LogP contribution in [0.25, 0.3) is 0 Å². The van der Waals surface area contributed by atoms with Crippen LogP contribution in [0.3, 0.4) is 0 Å². The molecule has 0 N–H and O–H groups in total. The van der Waals surface area contributed by atoms with Crippen molar-refractivity contribution in [3.8, 4) is 0 Å². The zero-order chi connectivity index (χ0) is 13.1. The SMILES string of the molecule is O=C(c1cc(Cl)cc(Cl)c1)N1CCOC(CCl)C1. The number of rotatable bonds is 2. The van der Waals surface area contributed by atoms with Crippen LogP contribution >= 0.6 is 34.8 Å². The van der Waals surface area contributed by atoms with Crippen molar-refractivity contribution in [3.05, 3.63) is 33.8 Å². The van der Waals surface area contributed by atoms with E-state index in [9.17, 15) is 4.79 Å². The first kappa shape index (κ1) is 13.9. The van der Waals surface area contributed by atoms with E-state index >= 15 is 0 Å². The maximum Gasteiger partial charge on any atom is 0.254 e. The number of halogens is 3. The van der Waals surface area contributed by atoms with Crippen LogP contribution in [0.4, 0.5) is 0 Å². The number of hydrogen-bond acceptors (Lipinski definition) is 2. The second-order valence-electron chi connectivity index (χ2n) is 4.06. The summed E-state index contributed by atoms with van der Waals surface area (Å²) in [6, 6.07) is 4.82. The topological polar surface area (TPSA) is 29.5 Å². The van der Waals surface area contributed by atoms with Gasteiger partial charge < -0.3 is 9.64 Å². The number of amides is 1. The lowest BCUT2D eigenvalue weighted by atomic mass is 10.2. The molecular weight excluding hydrogens is 296 g/mol. The molecule has 1 aromatic rings. The minimum Gasteiger partial charge on any atom is -0.373 e. The molecule has 1 heterocycles. The fourth-order valence-corrected chi connectivity index (χ4v) is 2.57. The fourth-order valence-electron chi connectivity index (χ4n) is 1.86. The Morgan fingerprint density at radius 1 is 1.33 bits per heavy atom. The van der Waals surface area contributed by atoms with Crippen molar-refractivity contribution in [1.29, 1.82) is 0 Å². The number of carbonyl (C=O) groups excluding carboxylic acids is 1. The van der Waals surface area contributed by atoms with Crippen LogP contribution in [0.2, 0.25) is 10.0 Å². The smallest absolute Gasteiger partial charge is 0.254 e. The summed E-state index contributed by atoms with van der Waals surface area (Å²) in [4.78, 5) is 14.0. The third kappa shape index (κ3) is 3.29. The highest BCUT2D eigenvalue weighted by Crippen LogP contribution is 2.21. The van der Waals surface area contributed by atoms with Crippen LogP contribution in [-0.2, 0) is 4.74 Å². The van der Waals surface area contributed by atoms with Crippen molar-refractivity contribution in [2.45, 2.75) is 6.10 Å². The molecule has 0 aliphatic carbocycles. The van der Waals surface area contributed by atoms with Crippen molar-refractivity contribution in [1.82, 2.24) is 4.90 Å². The largest absolute Gasteiger partial charge is 0.373 e. The minimum atomic E-state index is -0.112. The molecule has 0 spiro atoms. The van der Waals surface area contributed by atoms with Gasteiger partial charge in [0.2, 0.25) is 0 Å². The monoisotopic (exact) mass is 307 g/mol. The highest BCUT2D eigenvalue weighted by molar-refractivity contribution is 6.35. The first-order valence-electron chi connectivity index (χ1n) is 5.53. The quantitative estimate of drug-likeness (QED) is 0.786. The van der Waals surface area contributed by atoms with E-state index in [2.05, 4.69) is 0 Å². The molecule has 1 amide bonds. The first-order valence-corrected chi connectivity index (χ1v) is 6.82. The lowest BCUT2D eigenvalue weighted by Gasteiger charge is -2.32. The molecule has 1 aromatic carbocycles. The average Bonchev–Trinajstić information content (AvgIpc) is 2.37. The molecule has 0 radical (unpaired) electrons. The van der Waals surface area contributed by atoms with E-state index in [1.807, 2.05) is 0 Å². The van der Waals surface area contributed by atoms with Crippen LogP contribution in [0.5, 0.6) is 0 Å². The van der Waals surface area contributed by atoms with Crippen molar-refractivity contribution in [2.24, 2.45) is 0 Å². The number of alkyl halides is 1. The first-order chi connectivity index (χ1) is 8.60. The zero-order valence-corrected chi connectivity index (χ0v) is 11.8. The molecule has 1 aliphatic heterocycles. The number of carbonyl (C=O) groups is 1. The summed E-state index contributed by atoms with van der Waals surface area (Å²) in [5.74, 6) is 0.276. The molecule has 3 nitrogen and oxygen atoms in total. The van der Waals surface area contributed by atoms with Gasteiger partial charge in [-0.15, -0.1) is 11.6 Å². The number of ether oxygens (including phenoxy) is 1. The van der Waals surface area contributed by atoms with Gasteiger partial charge in [0.25, 0.3) is 5.91 Å². The van der Waals surface area contributed by atoms with E-state index in [0.717, 1.165) is 0 Å². The predicted octanol–water partition coefficient (Wildman–Crippen LogP) is 3.07. The molecule has 1 atom stereocenters. The van der Waals surface area contributed by atoms with Crippen LogP contribution < -0.4 is 0 Å². The Morgan fingerprint density at radius 3 is 2.61 bits per heavy atom. The predicted molar refractivity (Wildman–Crippen MR) is 72.8 cm³/mol. The average molecular weight is 309 g/mol. The maximum absolute atomic E-state index is 12.3. The van der Waals surface area contributed by atoms with Crippen LogP contribution in [0, 0.1) is 0 Å². The van der Waals surface area contributed by atoms with Gasteiger partial charge in [0, 0.05) is 28.7 Å². The van der Waals surface area contributed by atoms with Crippen LogP contribution in [0.15, 0.2) is 18.2 Å². The van der Waals surface area contributed by atoms with Gasteiger partial charge >= 0.3 is 0 Å². The normalized spacial score (nSPS) is 19.9. The second-order valence-corrected chi connectivity index (χ2v) is 5.24. The minimum absolute atomic E-state index is 0.0992. The zero-order valence-electron chi connectivity index (χ0n) is 9.54. The summed E-state index contributed by atoms with van der Waals surface area (Å²) in [5, 5.41) is 0.904. The van der Waals surface area contributed by atoms with Crippen LogP contribution in [-0.4, -0.2) is 42.5 Å². The van der Waals surface area contributed by atoms with E-state index in [0.29, 0.717) is 41.2 Å². The Balaban J connectivity index is 2.15. The Kier molecular flexibility index (Phi) is 4.73. The Hall–Kier alpha value is -0.480. The van der Waals surface area contributed by atoms with Gasteiger partial charge in [-0.25, -0.2) is 0 Å². The van der Waals surface area contributed by atoms with Gasteiger partial charge in [-0.2, -0.15) is 0 Å². The lowest BCUT2D eigenvalue weighted by molar-refractivity contribution is -0.0108. The molecule has 2 rings (SSSR count). The Bertz CT molecular complexity index is 433. The summed E-state index contributed by atoms with van der Waals surface area (Å²) in [6.07, 6.45) is -0.112. The summed E-state index contributed by atoms with van der Waals surface area (Å²) in [6.45, 7) is 1.54. The van der Waals surface area contributed by atoms with Gasteiger partial charge in [-0.3, -0.25) is 4.79 Å². The van der Waals surface area contributed by atoms with Crippen molar-refractivity contribution in [2.75, 3.05) is 25.6 Å². The summed E-state index contributed by atoms with van der Waals surface area (Å²) in [5.41, 5.74) is 0.489. The van der Waals surface area contributed by atoms with Crippen molar-refractivity contribution >= 4 is 40.7 Å². The van der Waals surface area contributed by atoms with E-state index in [1.54, 1.807) is 23.1 Å². The lowest BCUT2D eigenvalue weighted by Crippen LogP contribution is -2.46. The molecular formula is C12H12Cl3NO2. The Morgan fingerprint density at radius 2 is 2.00 bits per heavy atom. The fraction of sp³-hybridized carbons (Fsp3) is 0.417. The summed E-state index contributed by atoms with van der Waals surface area (Å²) in [7, 11) is 0. The highest BCUT2D eigenvalue weighted by atomic mass is 35.5. The number of hydrogen-bond donors (Lipinski definition) is 0. The standard InChI is InChI=1S/C12H12Cl3NO2/c13-6-11-7-16(1-2-18-11)12(17)8-3-9(14)5-10(15)4-8/h3-5,11H,1-2,6-7H2. The molecule has 1 saturated heterocycles. The molecule has 6 heteroatoms. The molecule has 0 saturated carbocycles. The van der Waals surface area contributed by atoms with Crippen molar-refractivity contribution < 1.29 is 9.53 Å². The van der Waals surface area contributed by atoms with E-state index in [1.165, 1.54) is 0 Å². The molecule has 1 aliphatic rings. The third-order valence-corrected chi connectivity index (χ3v) is 3.49. The number of morpholine rings is 1.